The highest BCUT2D eigenvalue weighted by Gasteiger charge is 2.19. The molecule has 3 rings (SSSR count). The second-order valence-electron chi connectivity index (χ2n) is 6.98. The summed E-state index contributed by atoms with van der Waals surface area (Å²) in [5, 5.41) is 2.80. The monoisotopic (exact) mass is 425 g/mol. The van der Waals surface area contributed by atoms with Crippen molar-refractivity contribution in [2.24, 2.45) is 0 Å². The number of rotatable bonds is 5. The number of aromatic nitrogens is 2. The van der Waals surface area contributed by atoms with Crippen LogP contribution in [0.25, 0.3) is 11.3 Å². The minimum atomic E-state index is -0.0234. The second-order valence-corrected chi connectivity index (χ2v) is 6.98. The van der Waals surface area contributed by atoms with Crippen LogP contribution >= 0.6 is 24.8 Å². The molecule has 2 aromatic rings. The molecule has 0 atom stereocenters. The zero-order chi connectivity index (χ0) is 18.5. The molecule has 0 spiro atoms. The fourth-order valence-corrected chi connectivity index (χ4v) is 3.12. The van der Waals surface area contributed by atoms with Crippen molar-refractivity contribution < 1.29 is 4.79 Å². The predicted molar refractivity (Wildman–Crippen MR) is 118 cm³/mol. The first-order valence-corrected chi connectivity index (χ1v) is 9.17. The molecular weight excluding hydrogens is 397 g/mol. The fraction of sp³-hybridized carbons (Fsp3) is 0.450. The van der Waals surface area contributed by atoms with E-state index in [1.807, 2.05) is 36.7 Å². The van der Waals surface area contributed by atoms with Crippen molar-refractivity contribution in [1.29, 1.82) is 0 Å². The van der Waals surface area contributed by atoms with Gasteiger partial charge in [0.15, 0.2) is 0 Å². The smallest absolute Gasteiger partial charge is 0.217 e. The van der Waals surface area contributed by atoms with E-state index in [-0.39, 0.29) is 30.7 Å². The first-order valence-electron chi connectivity index (χ1n) is 9.17. The van der Waals surface area contributed by atoms with Gasteiger partial charge in [-0.25, -0.2) is 4.98 Å². The minimum Gasteiger partial charge on any atom is -0.353 e. The topological polar surface area (TPSA) is 61.4 Å². The van der Waals surface area contributed by atoms with Crippen molar-refractivity contribution in [3.63, 3.8) is 0 Å². The lowest BCUT2D eigenvalue weighted by molar-refractivity contribution is -0.119. The molecule has 8 heteroatoms. The predicted octanol–water partition coefficient (Wildman–Crippen LogP) is 3.15. The summed E-state index contributed by atoms with van der Waals surface area (Å²) in [6.07, 6.45) is 3.71. The van der Waals surface area contributed by atoms with Crippen LogP contribution in [0.3, 0.4) is 0 Å². The summed E-state index contributed by atoms with van der Waals surface area (Å²) >= 11 is 0. The molecule has 1 saturated heterocycles. The molecule has 28 heavy (non-hydrogen) atoms. The number of nitrogens with zero attached hydrogens (tertiary/aromatic N) is 4. The third kappa shape index (κ3) is 6.33. The van der Waals surface area contributed by atoms with Crippen molar-refractivity contribution in [3.8, 4) is 11.3 Å². The maximum atomic E-state index is 11.0. The van der Waals surface area contributed by atoms with Crippen molar-refractivity contribution in [2.75, 3.05) is 31.1 Å². The average molecular weight is 426 g/mol. The molecule has 0 radical (unpaired) electrons. The SMILES string of the molecule is CC(=O)NCc1ccc(-c2cnc(N3CCN(C(C)C)CC3)cn2)cc1.Cl.Cl. The highest BCUT2D eigenvalue weighted by molar-refractivity contribution is 5.85. The summed E-state index contributed by atoms with van der Waals surface area (Å²) in [7, 11) is 0. The number of hydrogen-bond donors (Lipinski definition) is 1. The molecular formula is C20H29Cl2N5O. The Morgan fingerprint density at radius 1 is 1.04 bits per heavy atom. The summed E-state index contributed by atoms with van der Waals surface area (Å²) in [5.41, 5.74) is 2.96. The minimum absolute atomic E-state index is 0. The molecule has 1 aliphatic heterocycles. The molecule has 0 bridgehead atoms. The number of amides is 1. The van der Waals surface area contributed by atoms with Crippen molar-refractivity contribution in [3.05, 3.63) is 42.2 Å². The number of halogens is 2. The van der Waals surface area contributed by atoms with Crippen molar-refractivity contribution >= 4 is 36.5 Å². The van der Waals surface area contributed by atoms with Crippen LogP contribution in [-0.2, 0) is 11.3 Å². The van der Waals surface area contributed by atoms with E-state index in [9.17, 15) is 4.79 Å². The number of benzene rings is 1. The van der Waals surface area contributed by atoms with E-state index in [1.54, 1.807) is 0 Å². The van der Waals surface area contributed by atoms with E-state index in [0.717, 1.165) is 48.8 Å². The van der Waals surface area contributed by atoms with E-state index in [4.69, 9.17) is 0 Å². The Balaban J connectivity index is 0.00000196. The zero-order valence-corrected chi connectivity index (χ0v) is 18.2. The van der Waals surface area contributed by atoms with Gasteiger partial charge in [-0.1, -0.05) is 24.3 Å². The largest absolute Gasteiger partial charge is 0.353 e. The molecule has 1 N–H and O–H groups in total. The Morgan fingerprint density at radius 3 is 2.18 bits per heavy atom. The molecule has 0 aliphatic carbocycles. The molecule has 0 saturated carbocycles. The van der Waals surface area contributed by atoms with Gasteiger partial charge in [0.25, 0.3) is 0 Å². The first-order chi connectivity index (χ1) is 12.5. The molecule has 1 fully saturated rings. The van der Waals surface area contributed by atoms with Gasteiger partial charge in [-0.15, -0.1) is 24.8 Å². The van der Waals surface area contributed by atoms with Crippen LogP contribution in [0.15, 0.2) is 36.7 Å². The van der Waals surface area contributed by atoms with E-state index < -0.39 is 0 Å². The fourth-order valence-electron chi connectivity index (χ4n) is 3.12. The Bertz CT molecular complexity index is 729. The van der Waals surface area contributed by atoms with Gasteiger partial charge >= 0.3 is 0 Å². The van der Waals surface area contributed by atoms with E-state index in [1.165, 1.54) is 6.92 Å². The normalized spacial score (nSPS) is 14.2. The first kappa shape index (κ1) is 24.1. The molecule has 1 aliphatic rings. The van der Waals surface area contributed by atoms with Crippen LogP contribution < -0.4 is 10.2 Å². The van der Waals surface area contributed by atoms with E-state index in [0.29, 0.717) is 12.6 Å². The summed E-state index contributed by atoms with van der Waals surface area (Å²) in [4.78, 5) is 25.0. The van der Waals surface area contributed by atoms with Crippen LogP contribution in [0.1, 0.15) is 26.3 Å². The maximum Gasteiger partial charge on any atom is 0.217 e. The third-order valence-corrected chi connectivity index (χ3v) is 4.80. The molecule has 2 heterocycles. The van der Waals surface area contributed by atoms with Gasteiger partial charge in [0.05, 0.1) is 18.1 Å². The second kappa shape index (κ2) is 11.2. The van der Waals surface area contributed by atoms with Gasteiger partial charge in [-0.2, -0.15) is 0 Å². The van der Waals surface area contributed by atoms with Gasteiger partial charge in [0.2, 0.25) is 5.91 Å². The van der Waals surface area contributed by atoms with Crippen molar-refractivity contribution in [2.45, 2.75) is 33.4 Å². The number of hydrogen-bond acceptors (Lipinski definition) is 5. The molecule has 0 unspecified atom stereocenters. The van der Waals surface area contributed by atoms with E-state index >= 15 is 0 Å². The summed E-state index contributed by atoms with van der Waals surface area (Å²) in [6.45, 7) is 10.7. The summed E-state index contributed by atoms with van der Waals surface area (Å²) in [6, 6.07) is 8.64. The lowest BCUT2D eigenvalue weighted by Crippen LogP contribution is -2.49. The van der Waals surface area contributed by atoms with Crippen LogP contribution in [0.5, 0.6) is 0 Å². The molecule has 1 amide bonds. The molecule has 1 aromatic carbocycles. The van der Waals surface area contributed by atoms with Crippen LogP contribution in [0.2, 0.25) is 0 Å². The number of piperazine rings is 1. The van der Waals surface area contributed by atoms with Gasteiger partial charge < -0.3 is 10.2 Å². The molecule has 1 aromatic heterocycles. The standard InChI is InChI=1S/C20H27N5O.2ClH/c1-15(2)24-8-10-25(11-9-24)20-14-22-19(13-23-20)18-6-4-17(5-7-18)12-21-16(3)26;;/h4-7,13-15H,8-12H2,1-3H3,(H,21,26);2*1H. The highest BCUT2D eigenvalue weighted by Crippen LogP contribution is 2.20. The lowest BCUT2D eigenvalue weighted by Gasteiger charge is -2.37. The Hall–Kier alpha value is -1.89. The molecule has 154 valence electrons. The van der Waals surface area contributed by atoms with Gasteiger partial charge in [-0.05, 0) is 19.4 Å². The third-order valence-electron chi connectivity index (χ3n) is 4.80. The maximum absolute atomic E-state index is 11.0. The Morgan fingerprint density at radius 2 is 1.68 bits per heavy atom. The number of anilines is 1. The van der Waals surface area contributed by atoms with Crippen LogP contribution in [-0.4, -0.2) is 53.0 Å². The van der Waals surface area contributed by atoms with Crippen LogP contribution in [0, 0.1) is 0 Å². The van der Waals surface area contributed by atoms with Gasteiger partial charge in [0, 0.05) is 51.3 Å². The molecule has 6 nitrogen and oxygen atoms in total. The lowest BCUT2D eigenvalue weighted by atomic mass is 10.1. The van der Waals surface area contributed by atoms with E-state index in [2.05, 4.69) is 38.9 Å². The zero-order valence-electron chi connectivity index (χ0n) is 16.6. The Labute approximate surface area is 179 Å². The van der Waals surface area contributed by atoms with Crippen molar-refractivity contribution in [1.82, 2.24) is 20.2 Å². The highest BCUT2D eigenvalue weighted by atomic mass is 35.5. The quantitative estimate of drug-likeness (QED) is 0.796. The number of carbonyl (C=O) groups excluding carboxylic acids is 1. The summed E-state index contributed by atoms with van der Waals surface area (Å²) in [5.74, 6) is 0.921. The number of carbonyl (C=O) groups is 1. The average Bonchev–Trinajstić information content (AvgIpc) is 2.67. The van der Waals surface area contributed by atoms with Gasteiger partial charge in [-0.3, -0.25) is 14.7 Å². The number of nitrogens with one attached hydrogen (secondary N) is 1. The van der Waals surface area contributed by atoms with Crippen LogP contribution in [0.4, 0.5) is 5.82 Å². The summed E-state index contributed by atoms with van der Waals surface area (Å²) < 4.78 is 0. The van der Waals surface area contributed by atoms with Gasteiger partial charge in [0.1, 0.15) is 5.82 Å². The Kier molecular flexibility index (Phi) is 9.65.